The van der Waals surface area contributed by atoms with Crippen molar-refractivity contribution >= 4 is 5.97 Å². The average molecular weight is 278 g/mol. The van der Waals surface area contributed by atoms with E-state index in [9.17, 15) is 13.6 Å². The zero-order valence-electron chi connectivity index (χ0n) is 10.7. The highest BCUT2D eigenvalue weighted by atomic mass is 19.1. The Kier molecular flexibility index (Phi) is 3.98. The molecule has 2 aromatic carbocycles. The molecule has 0 aliphatic carbocycles. The van der Waals surface area contributed by atoms with E-state index < -0.39 is 23.2 Å². The molecule has 0 saturated heterocycles. The fourth-order valence-electron chi connectivity index (χ4n) is 1.74. The van der Waals surface area contributed by atoms with Crippen molar-refractivity contribution in [3.8, 4) is 5.75 Å². The molecule has 0 aliphatic rings. The van der Waals surface area contributed by atoms with E-state index in [0.29, 0.717) is 11.3 Å². The van der Waals surface area contributed by atoms with Crippen molar-refractivity contribution in [1.29, 1.82) is 0 Å². The van der Waals surface area contributed by atoms with Crippen LogP contribution in [0.2, 0.25) is 0 Å². The molecule has 0 aromatic heterocycles. The van der Waals surface area contributed by atoms with E-state index in [0.717, 1.165) is 0 Å². The Morgan fingerprint density at radius 2 is 2.00 bits per heavy atom. The highest BCUT2D eigenvalue weighted by molar-refractivity contribution is 5.88. The maximum Gasteiger partial charge on any atom is 0.338 e. The summed E-state index contributed by atoms with van der Waals surface area (Å²) in [6.45, 7) is 1.57. The van der Waals surface area contributed by atoms with Gasteiger partial charge in [0.25, 0.3) is 0 Å². The molecule has 0 aliphatic heterocycles. The van der Waals surface area contributed by atoms with Gasteiger partial charge in [-0.05, 0) is 24.6 Å². The summed E-state index contributed by atoms with van der Waals surface area (Å²) in [6, 6.07) is 8.09. The average Bonchev–Trinajstić information content (AvgIpc) is 2.41. The largest absolute Gasteiger partial charge is 0.488 e. The van der Waals surface area contributed by atoms with E-state index in [1.165, 1.54) is 30.3 Å². The standard InChI is InChI=1S/C15H12F2O3/c1-9-5-6-11(16)7-13(9)20-8-10-3-2-4-12(14(10)17)15(18)19/h2-7H,8H2,1H3,(H,18,19). The van der Waals surface area contributed by atoms with Crippen molar-refractivity contribution in [2.45, 2.75) is 13.5 Å². The molecule has 0 spiro atoms. The molecule has 0 bridgehead atoms. The summed E-state index contributed by atoms with van der Waals surface area (Å²) >= 11 is 0. The van der Waals surface area contributed by atoms with Crippen LogP contribution in [-0.2, 0) is 6.61 Å². The predicted molar refractivity (Wildman–Crippen MR) is 68.8 cm³/mol. The van der Waals surface area contributed by atoms with E-state index in [1.54, 1.807) is 13.0 Å². The Morgan fingerprint density at radius 3 is 2.70 bits per heavy atom. The molecule has 1 N–H and O–H groups in total. The van der Waals surface area contributed by atoms with Gasteiger partial charge in [0.2, 0.25) is 0 Å². The molecular formula is C15H12F2O3. The van der Waals surface area contributed by atoms with Gasteiger partial charge in [-0.25, -0.2) is 13.6 Å². The van der Waals surface area contributed by atoms with Gasteiger partial charge in [-0.1, -0.05) is 18.2 Å². The van der Waals surface area contributed by atoms with Crippen LogP contribution in [0.5, 0.6) is 5.75 Å². The van der Waals surface area contributed by atoms with Crippen LogP contribution >= 0.6 is 0 Å². The molecule has 20 heavy (non-hydrogen) atoms. The van der Waals surface area contributed by atoms with Crippen LogP contribution in [0.15, 0.2) is 36.4 Å². The third kappa shape index (κ3) is 2.93. The molecule has 0 atom stereocenters. The molecule has 0 heterocycles. The zero-order chi connectivity index (χ0) is 14.7. The van der Waals surface area contributed by atoms with Gasteiger partial charge in [0.1, 0.15) is 24.0 Å². The second kappa shape index (κ2) is 5.69. The van der Waals surface area contributed by atoms with Crippen molar-refractivity contribution in [3.05, 3.63) is 64.7 Å². The fourth-order valence-corrected chi connectivity index (χ4v) is 1.74. The zero-order valence-corrected chi connectivity index (χ0v) is 10.7. The summed E-state index contributed by atoms with van der Waals surface area (Å²) in [5.74, 6) is -2.34. The predicted octanol–water partition coefficient (Wildman–Crippen LogP) is 3.55. The van der Waals surface area contributed by atoms with E-state index in [-0.39, 0.29) is 12.2 Å². The third-order valence-electron chi connectivity index (χ3n) is 2.84. The molecule has 5 heteroatoms. The lowest BCUT2D eigenvalue weighted by atomic mass is 10.1. The summed E-state index contributed by atoms with van der Waals surface area (Å²) in [5.41, 5.74) is 0.400. The second-order valence-corrected chi connectivity index (χ2v) is 4.28. The molecule has 0 amide bonds. The minimum atomic E-state index is -1.34. The number of hydrogen-bond acceptors (Lipinski definition) is 2. The molecule has 0 saturated carbocycles. The summed E-state index contributed by atoms with van der Waals surface area (Å²) in [5, 5.41) is 8.83. The van der Waals surface area contributed by atoms with Crippen molar-refractivity contribution in [2.75, 3.05) is 0 Å². The number of carboxylic acid groups (broad SMARTS) is 1. The Hall–Kier alpha value is -2.43. The van der Waals surface area contributed by atoms with E-state index in [1.807, 2.05) is 0 Å². The lowest BCUT2D eigenvalue weighted by molar-refractivity contribution is 0.0691. The van der Waals surface area contributed by atoms with Crippen molar-refractivity contribution in [1.82, 2.24) is 0 Å². The molecule has 0 fully saturated rings. The number of halogens is 2. The molecular weight excluding hydrogens is 266 g/mol. The van der Waals surface area contributed by atoms with Gasteiger partial charge in [-0.15, -0.1) is 0 Å². The van der Waals surface area contributed by atoms with Crippen LogP contribution in [-0.4, -0.2) is 11.1 Å². The second-order valence-electron chi connectivity index (χ2n) is 4.28. The molecule has 0 radical (unpaired) electrons. The fraction of sp³-hybridized carbons (Fsp3) is 0.133. The van der Waals surface area contributed by atoms with Crippen molar-refractivity contribution < 1.29 is 23.4 Å². The minimum absolute atomic E-state index is 0.105. The molecule has 0 unspecified atom stereocenters. The highest BCUT2D eigenvalue weighted by Gasteiger charge is 2.14. The monoisotopic (exact) mass is 278 g/mol. The third-order valence-corrected chi connectivity index (χ3v) is 2.84. The first-order valence-electron chi connectivity index (χ1n) is 5.88. The van der Waals surface area contributed by atoms with Crippen molar-refractivity contribution in [3.63, 3.8) is 0 Å². The number of aryl methyl sites for hydroxylation is 1. The molecule has 3 nitrogen and oxygen atoms in total. The Morgan fingerprint density at radius 1 is 1.25 bits per heavy atom. The van der Waals surface area contributed by atoms with Gasteiger partial charge >= 0.3 is 5.97 Å². The summed E-state index contributed by atoms with van der Waals surface area (Å²) < 4.78 is 32.3. The van der Waals surface area contributed by atoms with E-state index in [4.69, 9.17) is 9.84 Å². The summed E-state index contributed by atoms with van der Waals surface area (Å²) in [7, 11) is 0. The van der Waals surface area contributed by atoms with Gasteiger partial charge in [-0.3, -0.25) is 0 Å². The SMILES string of the molecule is Cc1ccc(F)cc1OCc1cccc(C(=O)O)c1F. The molecule has 104 valence electrons. The van der Waals surface area contributed by atoms with Crippen LogP contribution in [0, 0.1) is 18.6 Å². The number of hydrogen-bond donors (Lipinski definition) is 1. The quantitative estimate of drug-likeness (QED) is 0.930. The van der Waals surface area contributed by atoms with Gasteiger partial charge in [0, 0.05) is 11.6 Å². The first kappa shape index (κ1) is 14.0. The van der Waals surface area contributed by atoms with Crippen LogP contribution in [0.3, 0.4) is 0 Å². The van der Waals surface area contributed by atoms with Crippen molar-refractivity contribution in [2.24, 2.45) is 0 Å². The number of benzene rings is 2. The number of ether oxygens (including phenoxy) is 1. The lowest BCUT2D eigenvalue weighted by Gasteiger charge is -2.10. The normalized spacial score (nSPS) is 10.3. The van der Waals surface area contributed by atoms with Gasteiger partial charge in [0.15, 0.2) is 0 Å². The van der Waals surface area contributed by atoms with Gasteiger partial charge in [0.05, 0.1) is 5.56 Å². The smallest absolute Gasteiger partial charge is 0.338 e. The molecule has 2 aromatic rings. The summed E-state index contributed by atoms with van der Waals surface area (Å²) in [4.78, 5) is 10.8. The van der Waals surface area contributed by atoms with E-state index in [2.05, 4.69) is 0 Å². The van der Waals surface area contributed by atoms with Gasteiger partial charge < -0.3 is 9.84 Å². The number of carbonyl (C=O) groups is 1. The highest BCUT2D eigenvalue weighted by Crippen LogP contribution is 2.21. The maximum atomic E-state index is 13.9. The Balaban J connectivity index is 2.21. The first-order valence-corrected chi connectivity index (χ1v) is 5.88. The minimum Gasteiger partial charge on any atom is -0.488 e. The maximum absolute atomic E-state index is 13.9. The number of aromatic carboxylic acids is 1. The summed E-state index contributed by atoms with van der Waals surface area (Å²) in [6.07, 6.45) is 0. The van der Waals surface area contributed by atoms with Crippen LogP contribution < -0.4 is 4.74 Å². The first-order chi connectivity index (χ1) is 9.49. The topological polar surface area (TPSA) is 46.5 Å². The number of rotatable bonds is 4. The van der Waals surface area contributed by atoms with Crippen LogP contribution in [0.4, 0.5) is 8.78 Å². The number of carboxylic acids is 1. The van der Waals surface area contributed by atoms with Gasteiger partial charge in [-0.2, -0.15) is 0 Å². The van der Waals surface area contributed by atoms with Crippen LogP contribution in [0.25, 0.3) is 0 Å². The lowest BCUT2D eigenvalue weighted by Crippen LogP contribution is -2.06. The molecule has 2 rings (SSSR count). The van der Waals surface area contributed by atoms with Crippen LogP contribution in [0.1, 0.15) is 21.5 Å². The van der Waals surface area contributed by atoms with E-state index >= 15 is 0 Å². The Bertz CT molecular complexity index is 654. The Labute approximate surface area is 114 Å².